The first-order valence-electron chi connectivity index (χ1n) is 5.70. The van der Waals surface area contributed by atoms with Crippen molar-refractivity contribution in [3.05, 3.63) is 28.2 Å². The molecule has 0 saturated carbocycles. The van der Waals surface area contributed by atoms with Gasteiger partial charge < -0.3 is 10.1 Å². The Morgan fingerprint density at radius 1 is 1.39 bits per heavy atom. The second-order valence-electron chi connectivity index (χ2n) is 5.02. The number of methoxy groups -OCH3 is 1. The highest BCUT2D eigenvalue weighted by molar-refractivity contribution is 9.10. The average molecular weight is 315 g/mol. The van der Waals surface area contributed by atoms with E-state index in [1.807, 2.05) is 18.2 Å². The zero-order valence-electron chi connectivity index (χ0n) is 11.1. The van der Waals surface area contributed by atoms with Gasteiger partial charge in [-0.3, -0.25) is 5.32 Å². The molecule has 0 fully saturated rings. The maximum Gasteiger partial charge on any atom is 0.411 e. The number of hydrogen-bond acceptors (Lipinski definition) is 3. The molecule has 0 radical (unpaired) electrons. The molecule has 0 atom stereocenters. The molecule has 0 heterocycles. The number of anilines is 1. The van der Waals surface area contributed by atoms with Crippen molar-refractivity contribution in [1.82, 2.24) is 5.32 Å². The zero-order valence-corrected chi connectivity index (χ0v) is 12.7. The van der Waals surface area contributed by atoms with E-state index in [-0.39, 0.29) is 5.54 Å². The minimum Gasteiger partial charge on any atom is -0.453 e. The van der Waals surface area contributed by atoms with Gasteiger partial charge in [-0.05, 0) is 44.5 Å². The number of amides is 1. The van der Waals surface area contributed by atoms with Gasteiger partial charge in [0.05, 0.1) is 7.11 Å². The van der Waals surface area contributed by atoms with Gasteiger partial charge in [0.15, 0.2) is 0 Å². The van der Waals surface area contributed by atoms with Crippen molar-refractivity contribution in [2.45, 2.75) is 32.9 Å². The third-order valence-electron chi connectivity index (χ3n) is 2.30. The predicted molar refractivity (Wildman–Crippen MR) is 76.8 cm³/mol. The van der Waals surface area contributed by atoms with Gasteiger partial charge in [-0.15, -0.1) is 0 Å². The van der Waals surface area contributed by atoms with Gasteiger partial charge >= 0.3 is 6.09 Å². The minimum atomic E-state index is -0.464. The van der Waals surface area contributed by atoms with Crippen LogP contribution in [-0.4, -0.2) is 18.7 Å². The average Bonchev–Trinajstić information content (AvgIpc) is 2.28. The molecule has 0 aromatic heterocycles. The van der Waals surface area contributed by atoms with Crippen LogP contribution in [0, 0.1) is 0 Å². The smallest absolute Gasteiger partial charge is 0.411 e. The fraction of sp³-hybridized carbons (Fsp3) is 0.462. The summed E-state index contributed by atoms with van der Waals surface area (Å²) in [5, 5.41) is 6.09. The van der Waals surface area contributed by atoms with Crippen LogP contribution in [0.2, 0.25) is 0 Å². The first kappa shape index (κ1) is 15.0. The molecule has 5 heteroatoms. The van der Waals surface area contributed by atoms with Crippen LogP contribution in [0.15, 0.2) is 22.7 Å². The standard InChI is InChI=1S/C13H19BrN2O2/c1-13(2,3)15-8-9-7-10(14)5-6-11(9)16-12(17)18-4/h5-7,15H,8H2,1-4H3,(H,16,17). The molecule has 1 aromatic carbocycles. The van der Waals surface area contributed by atoms with Crippen LogP contribution in [0.1, 0.15) is 26.3 Å². The molecule has 1 rings (SSSR count). The molecule has 0 bridgehead atoms. The van der Waals surface area contributed by atoms with E-state index in [1.165, 1.54) is 7.11 Å². The van der Waals surface area contributed by atoms with Crippen molar-refractivity contribution in [2.24, 2.45) is 0 Å². The van der Waals surface area contributed by atoms with Gasteiger partial charge in [-0.2, -0.15) is 0 Å². The van der Waals surface area contributed by atoms with Crippen molar-refractivity contribution in [3.63, 3.8) is 0 Å². The summed E-state index contributed by atoms with van der Waals surface area (Å²) in [7, 11) is 1.35. The van der Waals surface area contributed by atoms with E-state index < -0.39 is 6.09 Å². The fourth-order valence-electron chi connectivity index (χ4n) is 1.35. The van der Waals surface area contributed by atoms with Gasteiger partial charge in [0.2, 0.25) is 0 Å². The number of rotatable bonds is 3. The number of ether oxygens (including phenoxy) is 1. The lowest BCUT2D eigenvalue weighted by molar-refractivity contribution is 0.187. The molecule has 1 aromatic rings. The van der Waals surface area contributed by atoms with Gasteiger partial charge in [0.1, 0.15) is 0 Å². The van der Waals surface area contributed by atoms with Crippen LogP contribution in [0.3, 0.4) is 0 Å². The molecule has 0 aliphatic carbocycles. The molecule has 0 aliphatic rings. The van der Waals surface area contributed by atoms with E-state index in [0.29, 0.717) is 6.54 Å². The zero-order chi connectivity index (χ0) is 13.8. The van der Waals surface area contributed by atoms with Gasteiger partial charge in [0.25, 0.3) is 0 Å². The fourth-order valence-corrected chi connectivity index (χ4v) is 1.76. The molecule has 2 N–H and O–H groups in total. The number of benzene rings is 1. The predicted octanol–water partition coefficient (Wildman–Crippen LogP) is 3.52. The molecular formula is C13H19BrN2O2. The quantitative estimate of drug-likeness (QED) is 0.897. The lowest BCUT2D eigenvalue weighted by Crippen LogP contribution is -2.35. The van der Waals surface area contributed by atoms with E-state index in [4.69, 9.17) is 0 Å². The largest absolute Gasteiger partial charge is 0.453 e. The molecule has 0 saturated heterocycles. The van der Waals surface area contributed by atoms with Crippen LogP contribution in [0.25, 0.3) is 0 Å². The van der Waals surface area contributed by atoms with Crippen molar-refractivity contribution < 1.29 is 9.53 Å². The normalized spacial score (nSPS) is 11.2. The third-order valence-corrected chi connectivity index (χ3v) is 2.79. The molecule has 100 valence electrons. The number of carbonyl (C=O) groups excluding carboxylic acids is 1. The molecular weight excluding hydrogens is 296 g/mol. The summed E-state index contributed by atoms with van der Waals surface area (Å²) in [5.74, 6) is 0. The molecule has 0 spiro atoms. The number of carbonyl (C=O) groups is 1. The molecule has 0 unspecified atom stereocenters. The lowest BCUT2D eigenvalue weighted by Gasteiger charge is -2.21. The van der Waals surface area contributed by atoms with Crippen molar-refractivity contribution in [1.29, 1.82) is 0 Å². The summed E-state index contributed by atoms with van der Waals surface area (Å²) in [6.45, 7) is 6.96. The number of nitrogens with one attached hydrogen (secondary N) is 2. The summed E-state index contributed by atoms with van der Waals surface area (Å²) < 4.78 is 5.58. The van der Waals surface area contributed by atoms with Crippen LogP contribution in [-0.2, 0) is 11.3 Å². The summed E-state index contributed by atoms with van der Waals surface area (Å²) in [5.41, 5.74) is 1.77. The van der Waals surface area contributed by atoms with E-state index >= 15 is 0 Å². The molecule has 18 heavy (non-hydrogen) atoms. The highest BCUT2D eigenvalue weighted by Crippen LogP contribution is 2.22. The van der Waals surface area contributed by atoms with Crippen molar-refractivity contribution >= 4 is 27.7 Å². The highest BCUT2D eigenvalue weighted by Gasteiger charge is 2.12. The number of halogens is 1. The monoisotopic (exact) mass is 314 g/mol. The second-order valence-corrected chi connectivity index (χ2v) is 5.94. The Labute approximate surface area is 116 Å². The SMILES string of the molecule is COC(=O)Nc1ccc(Br)cc1CNC(C)(C)C. The molecule has 4 nitrogen and oxygen atoms in total. The van der Waals surface area contributed by atoms with Gasteiger partial charge in [0, 0.05) is 22.2 Å². The Morgan fingerprint density at radius 3 is 2.61 bits per heavy atom. The summed E-state index contributed by atoms with van der Waals surface area (Å²) in [6.07, 6.45) is -0.464. The molecule has 1 amide bonds. The highest BCUT2D eigenvalue weighted by atomic mass is 79.9. The minimum absolute atomic E-state index is 0.0187. The van der Waals surface area contributed by atoms with Crippen molar-refractivity contribution in [3.8, 4) is 0 Å². The Bertz CT molecular complexity index is 427. The first-order valence-corrected chi connectivity index (χ1v) is 6.49. The van der Waals surface area contributed by atoms with E-state index in [9.17, 15) is 4.79 Å². The molecule has 0 aliphatic heterocycles. The van der Waals surface area contributed by atoms with E-state index in [2.05, 4.69) is 52.1 Å². The Hall–Kier alpha value is -1.07. The van der Waals surface area contributed by atoms with Crippen LogP contribution in [0.5, 0.6) is 0 Å². The third kappa shape index (κ3) is 5.06. The summed E-state index contributed by atoms with van der Waals surface area (Å²) in [4.78, 5) is 11.3. The summed E-state index contributed by atoms with van der Waals surface area (Å²) >= 11 is 3.43. The van der Waals surface area contributed by atoms with Gasteiger partial charge in [-0.25, -0.2) is 4.79 Å². The number of hydrogen-bond donors (Lipinski definition) is 2. The van der Waals surface area contributed by atoms with Crippen LogP contribution >= 0.6 is 15.9 Å². The van der Waals surface area contributed by atoms with Crippen LogP contribution in [0.4, 0.5) is 10.5 Å². The van der Waals surface area contributed by atoms with E-state index in [1.54, 1.807) is 0 Å². The lowest BCUT2D eigenvalue weighted by atomic mass is 10.1. The van der Waals surface area contributed by atoms with E-state index in [0.717, 1.165) is 15.7 Å². The maximum atomic E-state index is 11.3. The first-order chi connectivity index (χ1) is 8.31. The Balaban J connectivity index is 2.86. The van der Waals surface area contributed by atoms with Gasteiger partial charge in [-0.1, -0.05) is 15.9 Å². The Morgan fingerprint density at radius 2 is 2.06 bits per heavy atom. The van der Waals surface area contributed by atoms with Crippen LogP contribution < -0.4 is 10.6 Å². The second kappa shape index (κ2) is 6.20. The topological polar surface area (TPSA) is 50.4 Å². The summed E-state index contributed by atoms with van der Waals surface area (Å²) in [6, 6.07) is 5.70. The Kier molecular flexibility index (Phi) is 5.16. The van der Waals surface area contributed by atoms with Crippen molar-refractivity contribution in [2.75, 3.05) is 12.4 Å². The maximum absolute atomic E-state index is 11.3.